The van der Waals surface area contributed by atoms with E-state index in [2.05, 4.69) is 0 Å². The minimum Gasteiger partial charge on any atom is -0.478 e. The van der Waals surface area contributed by atoms with Crippen molar-refractivity contribution in [2.75, 3.05) is 11.5 Å². The van der Waals surface area contributed by atoms with Gasteiger partial charge in [-0.05, 0) is 16.8 Å². The first-order chi connectivity index (χ1) is 12.4. The minimum absolute atomic E-state index is 0.0917. The van der Waals surface area contributed by atoms with Crippen LogP contribution in [-0.4, -0.2) is 39.8 Å². The number of rotatable bonds is 8. The minimum atomic E-state index is -1.24. The summed E-state index contributed by atoms with van der Waals surface area (Å²) in [7, 11) is 0. The Kier molecular flexibility index (Phi) is 7.53. The number of esters is 1. The van der Waals surface area contributed by atoms with Crippen molar-refractivity contribution in [3.63, 3.8) is 0 Å². The molecule has 2 aromatic carbocycles. The summed E-state index contributed by atoms with van der Waals surface area (Å²) in [6, 6.07) is 13.6. The van der Waals surface area contributed by atoms with E-state index in [1.165, 1.54) is 18.7 Å². The first kappa shape index (κ1) is 20.3. The number of hydrogen-bond acceptors (Lipinski definition) is 6. The Morgan fingerprint density at radius 1 is 1.08 bits per heavy atom. The first-order valence-electron chi connectivity index (χ1n) is 8.05. The molecule has 2 atom stereocenters. The highest BCUT2D eigenvalue weighted by Gasteiger charge is 2.26. The standard InChI is InChI=1S/C19H20O5S2/c1-12(10-25-13(2)20)19(23)24-16(18(21)22)11-26-17-9-5-7-14-6-3-4-8-15(14)17/h3-9,12,16H,10-11H2,1-2H3,(H,21,22)/t12-,16+/m1/s1. The number of carboxylic acids is 1. The lowest BCUT2D eigenvalue weighted by Crippen LogP contribution is -2.32. The van der Waals surface area contributed by atoms with Gasteiger partial charge in [0.1, 0.15) is 0 Å². The SMILES string of the molecule is CC(=O)SC[C@@H](C)C(=O)O[C@@H](CSc1cccc2ccccc12)C(=O)O. The van der Waals surface area contributed by atoms with E-state index in [-0.39, 0.29) is 16.6 Å². The van der Waals surface area contributed by atoms with Gasteiger partial charge in [-0.1, -0.05) is 55.1 Å². The van der Waals surface area contributed by atoms with E-state index in [0.717, 1.165) is 27.4 Å². The summed E-state index contributed by atoms with van der Waals surface area (Å²) in [5.74, 6) is -1.95. The second-order valence-corrected chi connectivity index (χ2v) is 8.01. The van der Waals surface area contributed by atoms with Crippen molar-refractivity contribution in [1.29, 1.82) is 0 Å². The predicted molar refractivity (Wildman–Crippen MR) is 104 cm³/mol. The van der Waals surface area contributed by atoms with Crippen LogP contribution in [0.5, 0.6) is 0 Å². The molecule has 26 heavy (non-hydrogen) atoms. The number of ether oxygens (including phenoxy) is 1. The Balaban J connectivity index is 2.01. The van der Waals surface area contributed by atoms with Gasteiger partial charge in [-0.3, -0.25) is 9.59 Å². The molecule has 5 nitrogen and oxygen atoms in total. The summed E-state index contributed by atoms with van der Waals surface area (Å²) in [4.78, 5) is 35.5. The van der Waals surface area contributed by atoms with Crippen LogP contribution in [-0.2, 0) is 19.1 Å². The summed E-state index contributed by atoms with van der Waals surface area (Å²) in [5, 5.41) is 11.4. The molecule has 0 fully saturated rings. The van der Waals surface area contributed by atoms with Crippen LogP contribution in [0.15, 0.2) is 47.4 Å². The van der Waals surface area contributed by atoms with Gasteiger partial charge in [-0.2, -0.15) is 0 Å². The van der Waals surface area contributed by atoms with Crippen LogP contribution in [0.25, 0.3) is 10.8 Å². The van der Waals surface area contributed by atoms with Crippen molar-refractivity contribution in [2.45, 2.75) is 24.8 Å². The largest absolute Gasteiger partial charge is 0.478 e. The monoisotopic (exact) mass is 392 g/mol. The highest BCUT2D eigenvalue weighted by atomic mass is 32.2. The molecule has 0 unspecified atom stereocenters. The molecule has 0 aliphatic heterocycles. The molecule has 0 heterocycles. The maximum Gasteiger partial charge on any atom is 0.345 e. The average molecular weight is 392 g/mol. The van der Waals surface area contributed by atoms with Crippen molar-refractivity contribution in [2.24, 2.45) is 5.92 Å². The lowest BCUT2D eigenvalue weighted by atomic mass is 10.1. The molecule has 7 heteroatoms. The fraction of sp³-hybridized carbons (Fsp3) is 0.316. The fourth-order valence-corrected chi connectivity index (χ4v) is 3.89. The highest BCUT2D eigenvalue weighted by Crippen LogP contribution is 2.28. The van der Waals surface area contributed by atoms with Crippen molar-refractivity contribution >= 4 is 51.4 Å². The second-order valence-electron chi connectivity index (χ2n) is 5.76. The van der Waals surface area contributed by atoms with Crippen LogP contribution in [0.2, 0.25) is 0 Å². The van der Waals surface area contributed by atoms with E-state index in [4.69, 9.17) is 4.74 Å². The number of thioether (sulfide) groups is 2. The van der Waals surface area contributed by atoms with Gasteiger partial charge >= 0.3 is 11.9 Å². The van der Waals surface area contributed by atoms with Gasteiger partial charge in [0.15, 0.2) is 5.12 Å². The Morgan fingerprint density at radius 2 is 1.77 bits per heavy atom. The molecule has 0 aliphatic rings. The number of carbonyl (C=O) groups is 3. The molecular formula is C19H20O5S2. The average Bonchev–Trinajstić information content (AvgIpc) is 2.62. The molecule has 0 amide bonds. The topological polar surface area (TPSA) is 80.7 Å². The number of fused-ring (bicyclic) bond motifs is 1. The van der Waals surface area contributed by atoms with Gasteiger partial charge in [-0.15, -0.1) is 11.8 Å². The summed E-state index contributed by atoms with van der Waals surface area (Å²) >= 11 is 2.36. The second kappa shape index (κ2) is 9.64. The fourth-order valence-electron chi connectivity index (χ4n) is 2.21. The third-order valence-electron chi connectivity index (χ3n) is 3.61. The van der Waals surface area contributed by atoms with Crippen LogP contribution in [0, 0.1) is 5.92 Å². The van der Waals surface area contributed by atoms with Gasteiger partial charge in [0.05, 0.1) is 5.92 Å². The molecule has 0 radical (unpaired) electrons. The van der Waals surface area contributed by atoms with E-state index in [1.54, 1.807) is 6.92 Å². The smallest absolute Gasteiger partial charge is 0.345 e. The first-order valence-corrected chi connectivity index (χ1v) is 10.0. The van der Waals surface area contributed by atoms with Crippen molar-refractivity contribution in [3.05, 3.63) is 42.5 Å². The molecule has 1 N–H and O–H groups in total. The lowest BCUT2D eigenvalue weighted by molar-refractivity contribution is -0.164. The van der Waals surface area contributed by atoms with Gasteiger partial charge in [0.2, 0.25) is 6.10 Å². The normalized spacial score (nSPS) is 13.2. The van der Waals surface area contributed by atoms with Crippen LogP contribution in [0.1, 0.15) is 13.8 Å². The highest BCUT2D eigenvalue weighted by molar-refractivity contribution is 8.13. The van der Waals surface area contributed by atoms with E-state index in [0.29, 0.717) is 0 Å². The van der Waals surface area contributed by atoms with Gasteiger partial charge in [0, 0.05) is 23.3 Å². The Hall–Kier alpha value is -1.99. The predicted octanol–water partition coefficient (Wildman–Crippen LogP) is 3.84. The Morgan fingerprint density at radius 3 is 2.46 bits per heavy atom. The summed E-state index contributed by atoms with van der Waals surface area (Å²) < 4.78 is 5.16. The molecule has 138 valence electrons. The van der Waals surface area contributed by atoms with E-state index >= 15 is 0 Å². The van der Waals surface area contributed by atoms with Gasteiger partial charge in [0.25, 0.3) is 0 Å². The molecule has 0 saturated carbocycles. The molecular weight excluding hydrogens is 372 g/mol. The van der Waals surface area contributed by atoms with E-state index in [1.807, 2.05) is 42.5 Å². The van der Waals surface area contributed by atoms with Gasteiger partial charge in [-0.25, -0.2) is 4.79 Å². The van der Waals surface area contributed by atoms with Crippen molar-refractivity contribution in [3.8, 4) is 0 Å². The number of carbonyl (C=O) groups excluding carboxylic acids is 2. The lowest BCUT2D eigenvalue weighted by Gasteiger charge is -2.17. The zero-order valence-electron chi connectivity index (χ0n) is 14.5. The van der Waals surface area contributed by atoms with E-state index in [9.17, 15) is 19.5 Å². The van der Waals surface area contributed by atoms with Crippen LogP contribution < -0.4 is 0 Å². The number of hydrogen-bond donors (Lipinski definition) is 1. The summed E-state index contributed by atoms with van der Waals surface area (Å²) in [6.45, 7) is 3.04. The van der Waals surface area contributed by atoms with Crippen molar-refractivity contribution < 1.29 is 24.2 Å². The summed E-state index contributed by atoms with van der Waals surface area (Å²) in [5.41, 5.74) is 0. The zero-order valence-corrected chi connectivity index (χ0v) is 16.1. The maximum absolute atomic E-state index is 12.1. The molecule has 0 bridgehead atoms. The molecule has 0 aliphatic carbocycles. The third kappa shape index (κ3) is 5.78. The van der Waals surface area contributed by atoms with Gasteiger partial charge < -0.3 is 9.84 Å². The third-order valence-corrected chi connectivity index (χ3v) is 5.82. The molecule has 0 spiro atoms. The molecule has 2 aromatic rings. The van der Waals surface area contributed by atoms with Crippen LogP contribution in [0.4, 0.5) is 0 Å². The maximum atomic E-state index is 12.1. The zero-order chi connectivity index (χ0) is 19.1. The molecule has 2 rings (SSSR count). The molecule has 0 aromatic heterocycles. The Labute approximate surface area is 160 Å². The van der Waals surface area contributed by atoms with E-state index < -0.39 is 24.0 Å². The summed E-state index contributed by atoms with van der Waals surface area (Å²) in [6.07, 6.45) is -1.24. The number of benzene rings is 2. The number of aliphatic carboxylic acids is 1. The van der Waals surface area contributed by atoms with Crippen LogP contribution >= 0.6 is 23.5 Å². The van der Waals surface area contributed by atoms with Crippen LogP contribution in [0.3, 0.4) is 0 Å². The Bertz CT molecular complexity index is 800. The number of carboxylic acid groups (broad SMARTS) is 1. The quantitative estimate of drug-likeness (QED) is 0.540. The molecule has 0 saturated heterocycles. The van der Waals surface area contributed by atoms with Crippen molar-refractivity contribution in [1.82, 2.24) is 0 Å².